The molecule has 0 fully saturated rings. The third-order valence-corrected chi connectivity index (χ3v) is 3.13. The molecule has 102 valence electrons. The second-order valence-corrected chi connectivity index (χ2v) is 4.63. The van der Waals surface area contributed by atoms with Crippen molar-refractivity contribution in [1.29, 1.82) is 0 Å². The Morgan fingerprint density at radius 1 is 1.37 bits per heavy atom. The molecule has 0 spiro atoms. The van der Waals surface area contributed by atoms with Crippen molar-refractivity contribution >= 4 is 15.9 Å². The van der Waals surface area contributed by atoms with Crippen LogP contribution in [0.25, 0.3) is 0 Å². The molecule has 4 nitrogen and oxygen atoms in total. The zero-order valence-corrected chi connectivity index (χ0v) is 11.4. The van der Waals surface area contributed by atoms with Gasteiger partial charge in [-0.25, -0.2) is 4.68 Å². The molecule has 19 heavy (non-hydrogen) atoms. The van der Waals surface area contributed by atoms with Gasteiger partial charge in [0.2, 0.25) is 0 Å². The summed E-state index contributed by atoms with van der Waals surface area (Å²) in [6.07, 6.45) is -2.93. The van der Waals surface area contributed by atoms with Gasteiger partial charge in [0.15, 0.2) is 0 Å². The molecule has 0 bridgehead atoms. The van der Waals surface area contributed by atoms with Crippen LogP contribution in [0.4, 0.5) is 13.2 Å². The van der Waals surface area contributed by atoms with E-state index in [1.165, 1.54) is 23.0 Å². The molecule has 0 unspecified atom stereocenters. The van der Waals surface area contributed by atoms with Crippen LogP contribution >= 0.6 is 15.9 Å². The van der Waals surface area contributed by atoms with Crippen LogP contribution < -0.4 is 4.74 Å². The third-order valence-electron chi connectivity index (χ3n) is 2.44. The number of aryl methyl sites for hydroxylation is 1. The van der Waals surface area contributed by atoms with Crippen LogP contribution in [0, 0.1) is 0 Å². The maximum absolute atomic E-state index is 12.7. The van der Waals surface area contributed by atoms with E-state index in [4.69, 9.17) is 4.74 Å². The molecule has 0 saturated heterocycles. The fourth-order valence-electron chi connectivity index (χ4n) is 1.41. The van der Waals surface area contributed by atoms with Crippen molar-refractivity contribution in [3.8, 4) is 5.75 Å². The maximum Gasteiger partial charge on any atom is 0.417 e. The van der Waals surface area contributed by atoms with Gasteiger partial charge in [-0.3, -0.25) is 0 Å². The molecule has 0 amide bonds. The summed E-state index contributed by atoms with van der Waals surface area (Å²) in [6.45, 7) is 0.0996. The Morgan fingerprint density at radius 2 is 2.11 bits per heavy atom. The number of ether oxygens (including phenoxy) is 1. The number of rotatable bonds is 3. The summed E-state index contributed by atoms with van der Waals surface area (Å²) in [5, 5.41) is 7.35. The number of alkyl halides is 3. The molecule has 0 saturated carbocycles. The zero-order chi connectivity index (χ0) is 14.0. The van der Waals surface area contributed by atoms with Crippen molar-refractivity contribution in [2.45, 2.75) is 12.8 Å². The van der Waals surface area contributed by atoms with Crippen LogP contribution in [-0.4, -0.2) is 15.0 Å². The fraction of sp³-hybridized carbons (Fsp3) is 0.273. The Kier molecular flexibility index (Phi) is 3.79. The second kappa shape index (κ2) is 5.20. The van der Waals surface area contributed by atoms with Crippen LogP contribution in [0.3, 0.4) is 0 Å². The van der Waals surface area contributed by atoms with Crippen LogP contribution in [0.15, 0.2) is 28.9 Å². The minimum absolute atomic E-state index is 0.0189. The summed E-state index contributed by atoms with van der Waals surface area (Å²) >= 11 is 2.87. The molecule has 0 radical (unpaired) electrons. The lowest BCUT2D eigenvalue weighted by Gasteiger charge is -2.12. The number of hydrogen-bond acceptors (Lipinski definition) is 3. The van der Waals surface area contributed by atoms with Crippen LogP contribution in [0.5, 0.6) is 5.75 Å². The number of aromatic nitrogens is 3. The normalized spacial score (nSPS) is 11.6. The van der Waals surface area contributed by atoms with Gasteiger partial charge in [-0.15, -0.1) is 5.10 Å². The van der Waals surface area contributed by atoms with Gasteiger partial charge in [0.05, 0.1) is 17.5 Å². The molecule has 2 aromatic rings. The van der Waals surface area contributed by atoms with Gasteiger partial charge in [0.1, 0.15) is 12.4 Å². The van der Waals surface area contributed by atoms with Crippen molar-refractivity contribution in [2.75, 3.05) is 0 Å². The van der Waals surface area contributed by atoms with E-state index in [0.29, 0.717) is 5.69 Å². The smallest absolute Gasteiger partial charge is 0.417 e. The molecule has 0 N–H and O–H groups in total. The zero-order valence-electron chi connectivity index (χ0n) is 9.78. The molecule has 1 aromatic carbocycles. The predicted octanol–water partition coefficient (Wildman–Crippen LogP) is 3.18. The Morgan fingerprint density at radius 3 is 2.68 bits per heavy atom. The summed E-state index contributed by atoms with van der Waals surface area (Å²) in [5.74, 6) is 0.136. The van der Waals surface area contributed by atoms with Crippen molar-refractivity contribution in [2.24, 2.45) is 7.05 Å². The Labute approximate surface area is 115 Å². The van der Waals surface area contributed by atoms with Crippen molar-refractivity contribution in [3.05, 3.63) is 40.1 Å². The lowest BCUT2D eigenvalue weighted by molar-refractivity contribution is -0.138. The second-order valence-electron chi connectivity index (χ2n) is 3.78. The number of hydrogen-bond donors (Lipinski definition) is 0. The van der Waals surface area contributed by atoms with E-state index in [1.807, 2.05) is 0 Å². The molecule has 0 aliphatic rings. The molecule has 0 atom stereocenters. The summed E-state index contributed by atoms with van der Waals surface area (Å²) in [4.78, 5) is 0. The van der Waals surface area contributed by atoms with Gasteiger partial charge in [0.25, 0.3) is 0 Å². The summed E-state index contributed by atoms with van der Waals surface area (Å²) < 4.78 is 44.9. The summed E-state index contributed by atoms with van der Waals surface area (Å²) in [5.41, 5.74) is -0.107. The topological polar surface area (TPSA) is 39.9 Å². The first kappa shape index (κ1) is 13.9. The lowest BCUT2D eigenvalue weighted by atomic mass is 10.2. The Balaban J connectivity index is 2.16. The van der Waals surface area contributed by atoms with E-state index in [2.05, 4.69) is 26.2 Å². The molecular formula is C11H9BrF3N3O. The highest BCUT2D eigenvalue weighted by atomic mass is 79.9. The molecule has 2 rings (SSSR count). The molecule has 8 heteroatoms. The van der Waals surface area contributed by atoms with Gasteiger partial charge in [0, 0.05) is 11.5 Å². The average Bonchev–Trinajstić information content (AvgIpc) is 2.72. The van der Waals surface area contributed by atoms with E-state index in [9.17, 15) is 13.2 Å². The first-order valence-electron chi connectivity index (χ1n) is 5.21. The van der Waals surface area contributed by atoms with E-state index in [-0.39, 0.29) is 16.8 Å². The average molecular weight is 336 g/mol. The first-order chi connectivity index (χ1) is 8.88. The van der Waals surface area contributed by atoms with Crippen molar-refractivity contribution < 1.29 is 17.9 Å². The SMILES string of the molecule is Cn1nncc1COc1ccc(Br)c(C(F)(F)F)c1. The summed E-state index contributed by atoms with van der Waals surface area (Å²) in [6, 6.07) is 3.72. The van der Waals surface area contributed by atoms with Crippen LogP contribution in [0.2, 0.25) is 0 Å². The minimum Gasteiger partial charge on any atom is -0.487 e. The first-order valence-corrected chi connectivity index (χ1v) is 6.00. The Bertz CT molecular complexity index is 583. The number of benzene rings is 1. The quantitative estimate of drug-likeness (QED) is 0.864. The van der Waals surface area contributed by atoms with Gasteiger partial charge in [-0.2, -0.15) is 13.2 Å². The monoisotopic (exact) mass is 335 g/mol. The largest absolute Gasteiger partial charge is 0.487 e. The summed E-state index contributed by atoms with van der Waals surface area (Å²) in [7, 11) is 1.68. The van der Waals surface area contributed by atoms with Gasteiger partial charge in [-0.1, -0.05) is 21.1 Å². The number of halogens is 4. The Hall–Kier alpha value is -1.57. The van der Waals surface area contributed by atoms with Crippen LogP contribution in [-0.2, 0) is 19.8 Å². The molecule has 1 heterocycles. The minimum atomic E-state index is -4.42. The standard InChI is InChI=1S/C11H9BrF3N3O/c1-18-7(5-16-17-18)6-19-8-2-3-10(12)9(4-8)11(13,14)15/h2-5H,6H2,1H3. The number of nitrogens with zero attached hydrogens (tertiary/aromatic N) is 3. The van der Waals surface area contributed by atoms with E-state index >= 15 is 0 Å². The fourth-order valence-corrected chi connectivity index (χ4v) is 1.88. The van der Waals surface area contributed by atoms with E-state index in [1.54, 1.807) is 7.05 Å². The van der Waals surface area contributed by atoms with E-state index < -0.39 is 11.7 Å². The molecular weight excluding hydrogens is 327 g/mol. The van der Waals surface area contributed by atoms with Gasteiger partial charge < -0.3 is 4.74 Å². The van der Waals surface area contributed by atoms with E-state index in [0.717, 1.165) is 6.07 Å². The van der Waals surface area contributed by atoms with Gasteiger partial charge >= 0.3 is 6.18 Å². The molecule has 1 aromatic heterocycles. The molecule has 0 aliphatic carbocycles. The van der Waals surface area contributed by atoms with Crippen LogP contribution in [0.1, 0.15) is 11.3 Å². The highest BCUT2D eigenvalue weighted by Gasteiger charge is 2.33. The highest BCUT2D eigenvalue weighted by molar-refractivity contribution is 9.10. The van der Waals surface area contributed by atoms with Crippen molar-refractivity contribution in [1.82, 2.24) is 15.0 Å². The van der Waals surface area contributed by atoms with Crippen molar-refractivity contribution in [3.63, 3.8) is 0 Å². The predicted molar refractivity (Wildman–Crippen MR) is 64.5 cm³/mol. The molecule has 0 aliphatic heterocycles. The van der Waals surface area contributed by atoms with Gasteiger partial charge in [-0.05, 0) is 18.2 Å². The highest BCUT2D eigenvalue weighted by Crippen LogP contribution is 2.36. The lowest BCUT2D eigenvalue weighted by Crippen LogP contribution is -2.07. The third kappa shape index (κ3) is 3.25. The maximum atomic E-state index is 12.7.